The fraction of sp³-hybridized carbons (Fsp3) is 0.250. The molecule has 0 aliphatic heterocycles. The SMILES string of the molecule is O=C(CNC(=O)c1ccc(Cl)cc1)NC(CO)C(=O)O. The van der Waals surface area contributed by atoms with Crippen molar-refractivity contribution >= 4 is 29.4 Å². The Hall–Kier alpha value is -2.12. The summed E-state index contributed by atoms with van der Waals surface area (Å²) in [4.78, 5) is 33.6. The third-order valence-corrected chi connectivity index (χ3v) is 2.58. The number of aliphatic carboxylic acids is 1. The number of carboxylic acids is 1. The lowest BCUT2D eigenvalue weighted by molar-refractivity contribution is -0.142. The smallest absolute Gasteiger partial charge is 0.328 e. The Kier molecular flexibility index (Phi) is 5.95. The predicted octanol–water partition coefficient (Wildman–Crippen LogP) is -0.369. The summed E-state index contributed by atoms with van der Waals surface area (Å²) in [5.41, 5.74) is 0.319. The average Bonchev–Trinajstić information content (AvgIpc) is 2.42. The van der Waals surface area contributed by atoms with Crippen LogP contribution in [0.4, 0.5) is 0 Å². The Morgan fingerprint density at radius 3 is 2.30 bits per heavy atom. The maximum absolute atomic E-state index is 11.6. The molecule has 0 saturated heterocycles. The van der Waals surface area contributed by atoms with Gasteiger partial charge in [0.25, 0.3) is 5.91 Å². The molecule has 4 N–H and O–H groups in total. The number of nitrogens with one attached hydrogen (secondary N) is 2. The Morgan fingerprint density at radius 2 is 1.80 bits per heavy atom. The first kappa shape index (κ1) is 15.9. The van der Waals surface area contributed by atoms with Crippen molar-refractivity contribution in [1.29, 1.82) is 0 Å². The lowest BCUT2D eigenvalue weighted by Gasteiger charge is -2.12. The molecule has 1 aromatic carbocycles. The normalized spacial score (nSPS) is 11.5. The van der Waals surface area contributed by atoms with Crippen LogP contribution in [-0.4, -0.2) is 47.2 Å². The molecule has 0 spiro atoms. The summed E-state index contributed by atoms with van der Waals surface area (Å²) in [6.45, 7) is -1.13. The van der Waals surface area contributed by atoms with Crippen LogP contribution in [0.25, 0.3) is 0 Å². The van der Waals surface area contributed by atoms with Crippen LogP contribution in [0.2, 0.25) is 5.02 Å². The van der Waals surface area contributed by atoms with Gasteiger partial charge in [-0.15, -0.1) is 0 Å². The van der Waals surface area contributed by atoms with Crippen molar-refractivity contribution < 1.29 is 24.6 Å². The van der Waals surface area contributed by atoms with Gasteiger partial charge in [-0.25, -0.2) is 4.79 Å². The number of carbonyl (C=O) groups excluding carboxylic acids is 2. The minimum absolute atomic E-state index is 0.319. The topological polar surface area (TPSA) is 116 Å². The fourth-order valence-corrected chi connectivity index (χ4v) is 1.42. The summed E-state index contributed by atoms with van der Waals surface area (Å²) in [5, 5.41) is 22.2. The van der Waals surface area contributed by atoms with Crippen LogP contribution in [-0.2, 0) is 9.59 Å². The number of hydrogen-bond acceptors (Lipinski definition) is 4. The van der Waals surface area contributed by atoms with Crippen LogP contribution in [0.1, 0.15) is 10.4 Å². The largest absolute Gasteiger partial charge is 0.480 e. The molecule has 0 aromatic heterocycles. The van der Waals surface area contributed by atoms with Crippen molar-refractivity contribution in [3.63, 3.8) is 0 Å². The first-order chi connectivity index (χ1) is 9.43. The molecule has 7 nitrogen and oxygen atoms in total. The molecule has 0 heterocycles. The van der Waals surface area contributed by atoms with E-state index in [0.717, 1.165) is 0 Å². The molecule has 1 aromatic rings. The van der Waals surface area contributed by atoms with E-state index in [9.17, 15) is 14.4 Å². The standard InChI is InChI=1S/C12H13ClN2O5/c13-8-3-1-7(2-4-8)11(18)14-5-10(17)15-9(6-16)12(19)20/h1-4,9,16H,5-6H2,(H,14,18)(H,15,17)(H,19,20). The quantitative estimate of drug-likeness (QED) is 0.572. The van der Waals surface area contributed by atoms with Gasteiger partial charge in [0.05, 0.1) is 13.2 Å². The number of rotatable bonds is 6. The van der Waals surface area contributed by atoms with E-state index in [0.29, 0.717) is 10.6 Å². The number of carbonyl (C=O) groups is 3. The van der Waals surface area contributed by atoms with E-state index < -0.39 is 37.0 Å². The molecule has 0 radical (unpaired) electrons. The van der Waals surface area contributed by atoms with Crippen LogP contribution < -0.4 is 10.6 Å². The maximum atomic E-state index is 11.6. The molecule has 108 valence electrons. The first-order valence-corrected chi connectivity index (χ1v) is 5.98. The first-order valence-electron chi connectivity index (χ1n) is 5.61. The zero-order chi connectivity index (χ0) is 15.1. The summed E-state index contributed by atoms with van der Waals surface area (Å²) in [7, 11) is 0. The molecule has 0 aliphatic rings. The van der Waals surface area contributed by atoms with E-state index in [1.807, 2.05) is 0 Å². The summed E-state index contributed by atoms with van der Waals surface area (Å²) in [6, 6.07) is 4.65. The van der Waals surface area contributed by atoms with Crippen LogP contribution in [0, 0.1) is 0 Å². The van der Waals surface area contributed by atoms with E-state index in [1.165, 1.54) is 24.3 Å². The number of benzene rings is 1. The van der Waals surface area contributed by atoms with Gasteiger partial charge < -0.3 is 20.8 Å². The molecule has 0 bridgehead atoms. The summed E-state index contributed by atoms with van der Waals surface area (Å²) in [5.74, 6) is -2.56. The minimum atomic E-state index is -1.39. The fourth-order valence-electron chi connectivity index (χ4n) is 1.29. The Morgan fingerprint density at radius 1 is 1.20 bits per heavy atom. The third kappa shape index (κ3) is 4.87. The average molecular weight is 301 g/mol. The molecule has 1 rings (SSSR count). The predicted molar refractivity (Wildman–Crippen MR) is 70.4 cm³/mol. The monoisotopic (exact) mass is 300 g/mol. The molecule has 8 heteroatoms. The molecular weight excluding hydrogens is 288 g/mol. The second-order valence-electron chi connectivity index (χ2n) is 3.83. The van der Waals surface area contributed by atoms with Crippen molar-refractivity contribution in [2.24, 2.45) is 0 Å². The van der Waals surface area contributed by atoms with Gasteiger partial charge >= 0.3 is 5.97 Å². The van der Waals surface area contributed by atoms with Crippen molar-refractivity contribution in [2.45, 2.75) is 6.04 Å². The van der Waals surface area contributed by atoms with E-state index >= 15 is 0 Å². The molecule has 1 atom stereocenters. The zero-order valence-electron chi connectivity index (χ0n) is 10.3. The highest BCUT2D eigenvalue weighted by atomic mass is 35.5. The molecular formula is C12H13ClN2O5. The third-order valence-electron chi connectivity index (χ3n) is 2.33. The summed E-state index contributed by atoms with van der Waals surface area (Å²) >= 11 is 5.67. The van der Waals surface area contributed by atoms with Crippen LogP contribution >= 0.6 is 11.6 Å². The number of hydrogen-bond donors (Lipinski definition) is 4. The highest BCUT2D eigenvalue weighted by Crippen LogP contribution is 2.09. The summed E-state index contributed by atoms with van der Waals surface area (Å²) < 4.78 is 0. The molecule has 2 amide bonds. The van der Waals surface area contributed by atoms with Gasteiger partial charge in [0.1, 0.15) is 6.04 Å². The second-order valence-corrected chi connectivity index (χ2v) is 4.27. The van der Waals surface area contributed by atoms with Gasteiger partial charge in [0, 0.05) is 10.6 Å². The lowest BCUT2D eigenvalue weighted by atomic mass is 10.2. The van der Waals surface area contributed by atoms with Crippen molar-refractivity contribution in [2.75, 3.05) is 13.2 Å². The van der Waals surface area contributed by atoms with Gasteiger partial charge in [-0.2, -0.15) is 0 Å². The number of aliphatic hydroxyl groups is 1. The highest BCUT2D eigenvalue weighted by molar-refractivity contribution is 6.30. The van der Waals surface area contributed by atoms with Gasteiger partial charge in [0.15, 0.2) is 0 Å². The van der Waals surface area contributed by atoms with Crippen LogP contribution in [0.5, 0.6) is 0 Å². The molecule has 0 fully saturated rings. The molecule has 0 aliphatic carbocycles. The number of carboxylic acid groups (broad SMARTS) is 1. The molecule has 0 saturated carbocycles. The Bertz CT molecular complexity index is 503. The zero-order valence-corrected chi connectivity index (χ0v) is 11.1. The van der Waals surface area contributed by atoms with Gasteiger partial charge in [-0.05, 0) is 24.3 Å². The van der Waals surface area contributed by atoms with Crippen LogP contribution in [0.15, 0.2) is 24.3 Å². The van der Waals surface area contributed by atoms with Gasteiger partial charge in [0.2, 0.25) is 5.91 Å². The number of aliphatic hydroxyl groups excluding tert-OH is 1. The van der Waals surface area contributed by atoms with Crippen molar-refractivity contribution in [3.8, 4) is 0 Å². The number of amides is 2. The van der Waals surface area contributed by atoms with E-state index in [2.05, 4.69) is 10.6 Å². The Balaban J connectivity index is 2.46. The second kappa shape index (κ2) is 7.46. The van der Waals surface area contributed by atoms with Gasteiger partial charge in [-0.1, -0.05) is 11.6 Å². The molecule has 1 unspecified atom stereocenters. The van der Waals surface area contributed by atoms with E-state index in [-0.39, 0.29) is 0 Å². The lowest BCUT2D eigenvalue weighted by Crippen LogP contribution is -2.47. The van der Waals surface area contributed by atoms with E-state index in [1.54, 1.807) is 0 Å². The van der Waals surface area contributed by atoms with E-state index in [4.69, 9.17) is 21.8 Å². The van der Waals surface area contributed by atoms with Crippen molar-refractivity contribution in [3.05, 3.63) is 34.9 Å². The maximum Gasteiger partial charge on any atom is 0.328 e. The number of halogens is 1. The van der Waals surface area contributed by atoms with Crippen LogP contribution in [0.3, 0.4) is 0 Å². The van der Waals surface area contributed by atoms with Crippen molar-refractivity contribution in [1.82, 2.24) is 10.6 Å². The highest BCUT2D eigenvalue weighted by Gasteiger charge is 2.18. The molecule has 20 heavy (non-hydrogen) atoms. The summed E-state index contributed by atoms with van der Waals surface area (Å²) in [6.07, 6.45) is 0. The minimum Gasteiger partial charge on any atom is -0.480 e. The Labute approximate surface area is 119 Å². The van der Waals surface area contributed by atoms with Gasteiger partial charge in [-0.3, -0.25) is 9.59 Å².